The van der Waals surface area contributed by atoms with Gasteiger partial charge in [-0.2, -0.15) is 0 Å². The van der Waals surface area contributed by atoms with Crippen LogP contribution in [0.4, 0.5) is 0 Å². The van der Waals surface area contributed by atoms with E-state index in [2.05, 4.69) is 9.05 Å². The fraction of sp³-hybridized carbons (Fsp3) is 0.833. The van der Waals surface area contributed by atoms with Crippen molar-refractivity contribution in [2.24, 2.45) is 0 Å². The average Bonchev–Trinajstić information content (AvgIpc) is 2.29. The number of aliphatic hydroxyl groups excluding tert-OH is 3. The number of aliphatic hydroxyl groups is 3. The van der Waals surface area contributed by atoms with Crippen LogP contribution in [0, 0.1) is 0 Å². The molecule has 0 amide bonds. The van der Waals surface area contributed by atoms with Gasteiger partial charge in [0.2, 0.25) is 0 Å². The van der Waals surface area contributed by atoms with Crippen molar-refractivity contribution in [2.75, 3.05) is 13.2 Å². The Morgan fingerprint density at radius 2 is 1.43 bits per heavy atom. The zero-order chi connectivity index (χ0) is 16.1. The van der Waals surface area contributed by atoms with E-state index < -0.39 is 53.0 Å². The van der Waals surface area contributed by atoms with E-state index in [9.17, 15) is 38.8 Å². The number of carbonyl (C=O) groups excluding carboxylic acids is 1. The third-order valence-corrected chi connectivity index (χ3v) is 2.74. The number of ketones is 1. The van der Waals surface area contributed by atoms with Crippen LogP contribution in [0.2, 0.25) is 0 Å². The van der Waals surface area contributed by atoms with Crippen LogP contribution in [-0.4, -0.2) is 57.5 Å². The predicted octanol–water partition coefficient (Wildman–Crippen LogP) is -14.0. The van der Waals surface area contributed by atoms with Gasteiger partial charge >= 0.3 is 88.7 Å². The summed E-state index contributed by atoms with van der Waals surface area (Å²) in [4.78, 5) is 49.6. The zero-order valence-corrected chi connectivity index (χ0v) is 20.4. The summed E-state index contributed by atoms with van der Waals surface area (Å²) in [6, 6.07) is 0. The maximum Gasteiger partial charge on any atom is 1.00 e. The Bertz CT molecular complexity index is 423. The van der Waals surface area contributed by atoms with Crippen LogP contribution in [0.1, 0.15) is 0 Å². The minimum Gasteiger partial charge on any atom is -0.790 e. The monoisotopic (exact) mass is 406 g/mol. The Morgan fingerprint density at radius 3 is 1.78 bits per heavy atom. The molecule has 0 aromatic heterocycles. The zero-order valence-electron chi connectivity index (χ0n) is 12.6. The first-order valence-electron chi connectivity index (χ1n) is 4.75. The molecule has 0 aromatic carbocycles. The molecule has 0 saturated carbocycles. The molecule has 17 heteroatoms. The van der Waals surface area contributed by atoms with Crippen LogP contribution in [0.15, 0.2) is 0 Å². The number of phosphoric ester groups is 2. The summed E-state index contributed by atoms with van der Waals surface area (Å²) < 4.78 is 27.5. The molecule has 1 unspecified atom stereocenters. The minimum absolute atomic E-state index is 0. The summed E-state index contributed by atoms with van der Waals surface area (Å²) in [5.41, 5.74) is 0. The first-order chi connectivity index (χ1) is 8.83. The molecule has 0 fully saturated rings. The Kier molecular flexibility index (Phi) is 21.4. The van der Waals surface area contributed by atoms with Crippen molar-refractivity contribution < 1.29 is 147 Å². The smallest absolute Gasteiger partial charge is 0.790 e. The van der Waals surface area contributed by atoms with Crippen LogP contribution < -0.4 is 103 Å². The van der Waals surface area contributed by atoms with Crippen LogP contribution in [0.25, 0.3) is 0 Å². The van der Waals surface area contributed by atoms with Gasteiger partial charge in [-0.25, -0.2) is 0 Å². The molecule has 0 bridgehead atoms. The van der Waals surface area contributed by atoms with Gasteiger partial charge in [-0.05, 0) is 0 Å². The van der Waals surface area contributed by atoms with Crippen LogP contribution in [0.5, 0.6) is 0 Å². The van der Waals surface area contributed by atoms with Gasteiger partial charge in [0.15, 0.2) is 5.78 Å². The van der Waals surface area contributed by atoms with Crippen molar-refractivity contribution in [1.29, 1.82) is 0 Å². The maximum atomic E-state index is 11.1. The molecule has 0 aliphatic rings. The molecule has 0 aliphatic carbocycles. The van der Waals surface area contributed by atoms with Crippen molar-refractivity contribution in [3.8, 4) is 0 Å². The number of hydrogen-bond acceptors (Lipinski definition) is 11. The van der Waals surface area contributed by atoms with Crippen LogP contribution >= 0.6 is 15.6 Å². The second-order valence-corrected chi connectivity index (χ2v) is 5.80. The van der Waals surface area contributed by atoms with E-state index >= 15 is 0 Å². The third-order valence-electron chi connectivity index (χ3n) is 1.82. The number of hydrogen-bond donors (Lipinski definition) is 4. The number of Topliss-reactive ketones (excluding diaryl/α,β-unsaturated/α-hetero) is 1. The summed E-state index contributed by atoms with van der Waals surface area (Å²) in [6.07, 6.45) is -6.77. The number of phosphoric acid groups is 2. The molecule has 23 heavy (non-hydrogen) atoms. The Morgan fingerprint density at radius 1 is 1.00 bits per heavy atom. The molecular formula is C6H11Na3O12P2. The van der Waals surface area contributed by atoms with Gasteiger partial charge < -0.3 is 48.5 Å². The normalized spacial score (nSPS) is 17.3. The summed E-state index contributed by atoms with van der Waals surface area (Å²) in [5, 5.41) is 27.5. The standard InChI is InChI=1S/C6H14O12P2.3Na/c7-3(1-17-19(11,12)13)5(9)6(10)4(8)2-18-20(14,15)16;;;/h3,5-7,9-10H,1-2H2,(H2,11,12,13)(H2,14,15,16);;;/q;3*+1/p-3/t3-,5+,6-;;;/m1.../s1. The third kappa shape index (κ3) is 17.9. The molecule has 120 valence electrons. The second-order valence-electron chi connectivity index (χ2n) is 3.45. The first-order valence-corrected chi connectivity index (χ1v) is 7.71. The second kappa shape index (κ2) is 14.8. The van der Waals surface area contributed by atoms with Gasteiger partial charge in [0.05, 0.1) is 14.4 Å². The molecular weight excluding hydrogens is 395 g/mol. The van der Waals surface area contributed by atoms with Crippen molar-refractivity contribution >= 4 is 21.4 Å². The molecule has 4 N–H and O–H groups in total. The van der Waals surface area contributed by atoms with E-state index in [0.29, 0.717) is 0 Å². The summed E-state index contributed by atoms with van der Waals surface area (Å²) in [7, 11) is -10.6. The molecule has 0 heterocycles. The predicted molar refractivity (Wildman–Crippen MR) is 52.4 cm³/mol. The number of rotatable bonds is 9. The van der Waals surface area contributed by atoms with Crippen molar-refractivity contribution in [2.45, 2.75) is 18.3 Å². The van der Waals surface area contributed by atoms with Gasteiger partial charge in [0, 0.05) is 0 Å². The van der Waals surface area contributed by atoms with E-state index in [4.69, 9.17) is 10.00 Å². The minimum atomic E-state index is -5.42. The van der Waals surface area contributed by atoms with E-state index in [-0.39, 0.29) is 88.7 Å². The number of carbonyl (C=O) groups is 1. The summed E-state index contributed by atoms with van der Waals surface area (Å²) >= 11 is 0. The van der Waals surface area contributed by atoms with Crippen molar-refractivity contribution in [3.63, 3.8) is 0 Å². The molecule has 12 nitrogen and oxygen atoms in total. The topological polar surface area (TPSA) is 220 Å². The van der Waals surface area contributed by atoms with E-state index in [1.807, 2.05) is 0 Å². The Balaban J connectivity index is -0.000000602. The summed E-state index contributed by atoms with van der Waals surface area (Å²) in [6.45, 7) is -2.55. The molecule has 0 rings (SSSR count). The largest absolute Gasteiger partial charge is 1.00 e. The Hall–Kier alpha value is 2.77. The maximum absolute atomic E-state index is 11.1. The van der Waals surface area contributed by atoms with Gasteiger partial charge in [0.25, 0.3) is 7.82 Å². The molecule has 0 aromatic rings. The van der Waals surface area contributed by atoms with Gasteiger partial charge in [-0.1, -0.05) is 0 Å². The van der Waals surface area contributed by atoms with Gasteiger partial charge in [0.1, 0.15) is 24.9 Å². The average molecular weight is 406 g/mol. The fourth-order valence-corrected chi connectivity index (χ4v) is 1.52. The van der Waals surface area contributed by atoms with Crippen LogP contribution in [0.3, 0.4) is 0 Å². The van der Waals surface area contributed by atoms with Gasteiger partial charge in [-0.15, -0.1) is 0 Å². The van der Waals surface area contributed by atoms with Crippen molar-refractivity contribution in [3.05, 3.63) is 0 Å². The van der Waals surface area contributed by atoms with Gasteiger partial charge in [-0.3, -0.25) is 9.36 Å². The molecule has 0 aliphatic heterocycles. The molecule has 0 saturated heterocycles. The SMILES string of the molecule is O=C(COP(=O)([O-])O)[C@@H](O)[C@@H](O)[C@H](O)COP(=O)([O-])[O-].[Na+].[Na+].[Na+]. The molecule has 0 radical (unpaired) electrons. The Labute approximate surface area is 197 Å². The van der Waals surface area contributed by atoms with E-state index in [1.165, 1.54) is 0 Å². The van der Waals surface area contributed by atoms with Crippen molar-refractivity contribution in [1.82, 2.24) is 0 Å². The first kappa shape index (κ1) is 33.4. The quantitative estimate of drug-likeness (QED) is 0.207. The van der Waals surface area contributed by atoms with Crippen LogP contribution in [-0.2, 0) is 23.0 Å². The molecule has 0 spiro atoms. The van der Waals surface area contributed by atoms with E-state index in [0.717, 1.165) is 0 Å². The fourth-order valence-electron chi connectivity index (χ4n) is 0.898. The molecule has 4 atom stereocenters. The summed E-state index contributed by atoms with van der Waals surface area (Å²) in [5.74, 6) is -1.44. The van der Waals surface area contributed by atoms with E-state index in [1.54, 1.807) is 0 Å².